The summed E-state index contributed by atoms with van der Waals surface area (Å²) in [5, 5.41) is 13.4. The molecule has 1 atom stereocenters. The SMILES string of the molecule is CN=C(NCCc1c(C)noc1C)NC(C)c1cccc2ccccc12. The fourth-order valence-electron chi connectivity index (χ4n) is 3.27. The van der Waals surface area contributed by atoms with Crippen molar-refractivity contribution in [3.05, 3.63) is 65.0 Å². The fourth-order valence-corrected chi connectivity index (χ4v) is 3.27. The van der Waals surface area contributed by atoms with Gasteiger partial charge in [0.05, 0.1) is 11.7 Å². The van der Waals surface area contributed by atoms with Gasteiger partial charge in [0.25, 0.3) is 0 Å². The molecule has 136 valence electrons. The zero-order chi connectivity index (χ0) is 18.5. The maximum atomic E-state index is 5.22. The standard InChI is InChI=1S/C21H26N4O/c1-14(19-11-7-9-17-8-5-6-10-20(17)19)24-21(22-4)23-13-12-18-15(2)25-26-16(18)3/h5-11,14H,12-13H2,1-4H3,(H2,22,23,24). The number of aromatic nitrogens is 1. The van der Waals surface area contributed by atoms with E-state index >= 15 is 0 Å². The van der Waals surface area contributed by atoms with Gasteiger partial charge in [0.1, 0.15) is 5.76 Å². The van der Waals surface area contributed by atoms with Crippen molar-refractivity contribution in [2.45, 2.75) is 33.2 Å². The lowest BCUT2D eigenvalue weighted by atomic mass is 10.00. The third-order valence-electron chi connectivity index (χ3n) is 4.72. The number of fused-ring (bicyclic) bond motifs is 1. The number of hydrogen-bond acceptors (Lipinski definition) is 3. The predicted octanol–water partition coefficient (Wildman–Crippen LogP) is 3.91. The number of nitrogens with zero attached hydrogens (tertiary/aromatic N) is 2. The summed E-state index contributed by atoms with van der Waals surface area (Å²) in [5.74, 6) is 1.67. The van der Waals surface area contributed by atoms with Gasteiger partial charge < -0.3 is 15.2 Å². The molecular weight excluding hydrogens is 324 g/mol. The Balaban J connectivity index is 1.64. The Labute approximate surface area is 154 Å². The molecule has 0 amide bonds. The van der Waals surface area contributed by atoms with Crippen LogP contribution in [-0.2, 0) is 6.42 Å². The minimum atomic E-state index is 0.145. The van der Waals surface area contributed by atoms with Crippen LogP contribution in [0.4, 0.5) is 0 Å². The molecule has 1 heterocycles. The second-order valence-electron chi connectivity index (χ2n) is 6.49. The zero-order valence-electron chi connectivity index (χ0n) is 15.8. The number of nitrogens with one attached hydrogen (secondary N) is 2. The van der Waals surface area contributed by atoms with Gasteiger partial charge in [0.2, 0.25) is 0 Å². The summed E-state index contributed by atoms with van der Waals surface area (Å²) in [7, 11) is 1.79. The molecule has 0 bridgehead atoms. The molecule has 0 saturated carbocycles. The van der Waals surface area contributed by atoms with Crippen LogP contribution in [0.25, 0.3) is 10.8 Å². The van der Waals surface area contributed by atoms with Gasteiger partial charge in [0.15, 0.2) is 5.96 Å². The van der Waals surface area contributed by atoms with Crippen molar-refractivity contribution >= 4 is 16.7 Å². The van der Waals surface area contributed by atoms with Crippen molar-refractivity contribution < 1.29 is 4.52 Å². The summed E-state index contributed by atoms with van der Waals surface area (Å²) in [4.78, 5) is 4.35. The third kappa shape index (κ3) is 3.87. The molecule has 5 nitrogen and oxygen atoms in total. The molecule has 3 rings (SSSR count). The van der Waals surface area contributed by atoms with Gasteiger partial charge in [-0.1, -0.05) is 47.6 Å². The van der Waals surface area contributed by atoms with Crippen molar-refractivity contribution in [3.63, 3.8) is 0 Å². The van der Waals surface area contributed by atoms with E-state index in [1.165, 1.54) is 16.3 Å². The number of benzene rings is 2. The van der Waals surface area contributed by atoms with E-state index in [0.717, 1.165) is 35.9 Å². The highest BCUT2D eigenvalue weighted by Crippen LogP contribution is 2.23. The van der Waals surface area contributed by atoms with Crippen LogP contribution in [0.5, 0.6) is 0 Å². The van der Waals surface area contributed by atoms with Gasteiger partial charge in [-0.05, 0) is 43.5 Å². The van der Waals surface area contributed by atoms with Gasteiger partial charge in [0, 0.05) is 19.2 Å². The van der Waals surface area contributed by atoms with Crippen LogP contribution >= 0.6 is 0 Å². The highest BCUT2D eigenvalue weighted by Gasteiger charge is 2.12. The van der Waals surface area contributed by atoms with Crippen LogP contribution < -0.4 is 10.6 Å². The Morgan fingerprint density at radius 1 is 1.15 bits per heavy atom. The molecule has 0 aliphatic rings. The van der Waals surface area contributed by atoms with E-state index < -0.39 is 0 Å². The second-order valence-corrected chi connectivity index (χ2v) is 6.49. The number of hydrogen-bond donors (Lipinski definition) is 2. The molecule has 0 fully saturated rings. The van der Waals surface area contributed by atoms with Gasteiger partial charge >= 0.3 is 0 Å². The second kappa shape index (κ2) is 8.04. The summed E-state index contributed by atoms with van der Waals surface area (Å²) in [5.41, 5.74) is 3.38. The zero-order valence-corrected chi connectivity index (χ0v) is 15.8. The molecule has 1 aromatic heterocycles. The Kier molecular flexibility index (Phi) is 5.56. The molecule has 0 aliphatic heterocycles. The van der Waals surface area contributed by atoms with Gasteiger partial charge in [-0.3, -0.25) is 4.99 Å². The predicted molar refractivity (Wildman–Crippen MR) is 107 cm³/mol. The van der Waals surface area contributed by atoms with E-state index in [-0.39, 0.29) is 6.04 Å². The molecule has 0 spiro atoms. The van der Waals surface area contributed by atoms with Crippen LogP contribution in [0, 0.1) is 13.8 Å². The first kappa shape index (κ1) is 18.0. The van der Waals surface area contributed by atoms with Gasteiger partial charge in [-0.15, -0.1) is 0 Å². The lowest BCUT2D eigenvalue weighted by molar-refractivity contribution is 0.392. The van der Waals surface area contributed by atoms with E-state index in [0.29, 0.717) is 0 Å². The van der Waals surface area contributed by atoms with Gasteiger partial charge in [-0.25, -0.2) is 0 Å². The van der Waals surface area contributed by atoms with E-state index in [2.05, 4.69) is 70.2 Å². The molecular formula is C21H26N4O. The van der Waals surface area contributed by atoms with E-state index in [1.807, 2.05) is 13.8 Å². The van der Waals surface area contributed by atoms with Crippen molar-refractivity contribution in [2.75, 3.05) is 13.6 Å². The topological polar surface area (TPSA) is 62.5 Å². The molecule has 2 N–H and O–H groups in total. The van der Waals surface area contributed by atoms with Crippen LogP contribution in [0.2, 0.25) is 0 Å². The van der Waals surface area contributed by atoms with Crippen LogP contribution in [0.3, 0.4) is 0 Å². The fraction of sp³-hybridized carbons (Fsp3) is 0.333. The number of aryl methyl sites for hydroxylation is 2. The molecule has 0 aliphatic carbocycles. The molecule has 2 aromatic carbocycles. The highest BCUT2D eigenvalue weighted by molar-refractivity contribution is 5.87. The third-order valence-corrected chi connectivity index (χ3v) is 4.72. The maximum absolute atomic E-state index is 5.22. The first-order chi connectivity index (χ1) is 12.6. The minimum absolute atomic E-state index is 0.145. The minimum Gasteiger partial charge on any atom is -0.361 e. The summed E-state index contributed by atoms with van der Waals surface area (Å²) < 4.78 is 5.22. The smallest absolute Gasteiger partial charge is 0.191 e. The largest absolute Gasteiger partial charge is 0.361 e. The highest BCUT2D eigenvalue weighted by atomic mass is 16.5. The summed E-state index contributed by atoms with van der Waals surface area (Å²) in [6, 6.07) is 15.0. The Hall–Kier alpha value is -2.82. The van der Waals surface area contributed by atoms with E-state index in [9.17, 15) is 0 Å². The normalized spacial score (nSPS) is 13.0. The Bertz CT molecular complexity index is 889. The monoisotopic (exact) mass is 350 g/mol. The van der Waals surface area contributed by atoms with E-state index in [4.69, 9.17) is 4.52 Å². The van der Waals surface area contributed by atoms with E-state index in [1.54, 1.807) is 7.05 Å². The van der Waals surface area contributed by atoms with Crippen molar-refractivity contribution in [1.29, 1.82) is 0 Å². The van der Waals surface area contributed by atoms with Crippen molar-refractivity contribution in [3.8, 4) is 0 Å². The number of aliphatic imine (C=N–C) groups is 1. The molecule has 26 heavy (non-hydrogen) atoms. The van der Waals surface area contributed by atoms with Crippen molar-refractivity contribution in [1.82, 2.24) is 15.8 Å². The molecule has 0 radical (unpaired) electrons. The van der Waals surface area contributed by atoms with Crippen LogP contribution in [0.1, 0.15) is 35.5 Å². The average molecular weight is 350 g/mol. The maximum Gasteiger partial charge on any atom is 0.191 e. The van der Waals surface area contributed by atoms with Crippen LogP contribution in [0.15, 0.2) is 52.0 Å². The van der Waals surface area contributed by atoms with Gasteiger partial charge in [-0.2, -0.15) is 0 Å². The molecule has 0 saturated heterocycles. The average Bonchev–Trinajstić information content (AvgIpc) is 2.98. The molecule has 3 aromatic rings. The lowest BCUT2D eigenvalue weighted by Gasteiger charge is -2.20. The molecule has 1 unspecified atom stereocenters. The Morgan fingerprint density at radius 2 is 1.92 bits per heavy atom. The first-order valence-electron chi connectivity index (χ1n) is 8.96. The summed E-state index contributed by atoms with van der Waals surface area (Å²) in [6.07, 6.45) is 0.852. The van der Waals surface area contributed by atoms with Crippen molar-refractivity contribution in [2.24, 2.45) is 4.99 Å². The Morgan fingerprint density at radius 3 is 2.65 bits per heavy atom. The first-order valence-corrected chi connectivity index (χ1v) is 8.96. The number of rotatable bonds is 5. The molecule has 5 heteroatoms. The quantitative estimate of drug-likeness (QED) is 0.541. The summed E-state index contributed by atoms with van der Waals surface area (Å²) in [6.45, 7) is 6.85. The summed E-state index contributed by atoms with van der Waals surface area (Å²) >= 11 is 0. The van der Waals surface area contributed by atoms with Crippen LogP contribution in [-0.4, -0.2) is 24.7 Å². The number of guanidine groups is 1. The lowest BCUT2D eigenvalue weighted by Crippen LogP contribution is -2.39.